The van der Waals surface area contributed by atoms with Crippen LogP contribution in [0.25, 0.3) is 16.8 Å². The lowest BCUT2D eigenvalue weighted by atomic mass is 10.0. The van der Waals surface area contributed by atoms with Gasteiger partial charge in [0.1, 0.15) is 0 Å². The lowest BCUT2D eigenvalue weighted by molar-refractivity contribution is -0.140. The van der Waals surface area contributed by atoms with Crippen molar-refractivity contribution >= 4 is 22.8 Å². The molecule has 3 heteroatoms. The van der Waals surface area contributed by atoms with Crippen LogP contribution in [0.1, 0.15) is 26.3 Å². The van der Waals surface area contributed by atoms with E-state index in [9.17, 15) is 4.79 Å². The zero-order valence-electron chi connectivity index (χ0n) is 14.0. The molecule has 0 heterocycles. The fourth-order valence-electron chi connectivity index (χ4n) is 2.27. The van der Waals surface area contributed by atoms with Gasteiger partial charge in [-0.1, -0.05) is 56.3 Å². The summed E-state index contributed by atoms with van der Waals surface area (Å²) < 4.78 is 10.8. The summed E-state index contributed by atoms with van der Waals surface area (Å²) in [5.74, 6) is 0.00457. The van der Waals surface area contributed by atoms with E-state index in [1.54, 1.807) is 0 Å². The van der Waals surface area contributed by atoms with Gasteiger partial charge >= 0.3 is 5.97 Å². The third-order valence-corrected chi connectivity index (χ3v) is 3.42. The SMILES string of the molecule is CCOCC(=Cc1cccc2ccccc12)C(=O)OCC(C)C. The minimum Gasteiger partial charge on any atom is -0.462 e. The molecule has 0 aliphatic rings. The van der Waals surface area contributed by atoms with E-state index in [0.717, 1.165) is 16.3 Å². The molecule has 0 aromatic heterocycles. The highest BCUT2D eigenvalue weighted by molar-refractivity contribution is 5.98. The van der Waals surface area contributed by atoms with Gasteiger partial charge in [0.15, 0.2) is 0 Å². The molecule has 0 amide bonds. The van der Waals surface area contributed by atoms with Crippen molar-refractivity contribution in [3.63, 3.8) is 0 Å². The normalized spacial score (nSPS) is 11.9. The standard InChI is InChI=1S/C20H24O3/c1-4-22-14-18(20(21)23-13-15(2)3)12-17-10-7-9-16-8-5-6-11-19(16)17/h5-12,15H,4,13-14H2,1-3H3. The molecule has 0 spiro atoms. The molecule has 2 aromatic rings. The highest BCUT2D eigenvalue weighted by atomic mass is 16.5. The van der Waals surface area contributed by atoms with Gasteiger partial charge in [-0.15, -0.1) is 0 Å². The number of carbonyl (C=O) groups is 1. The van der Waals surface area contributed by atoms with Crippen molar-refractivity contribution < 1.29 is 14.3 Å². The third-order valence-electron chi connectivity index (χ3n) is 3.42. The van der Waals surface area contributed by atoms with E-state index in [2.05, 4.69) is 18.2 Å². The van der Waals surface area contributed by atoms with E-state index in [-0.39, 0.29) is 12.6 Å². The van der Waals surface area contributed by atoms with Crippen LogP contribution in [0, 0.1) is 5.92 Å². The topological polar surface area (TPSA) is 35.5 Å². The molecule has 0 N–H and O–H groups in total. The molecule has 0 aliphatic heterocycles. The first-order chi connectivity index (χ1) is 11.1. The molecule has 122 valence electrons. The van der Waals surface area contributed by atoms with Crippen molar-refractivity contribution in [3.05, 3.63) is 53.6 Å². The Morgan fingerprint density at radius 2 is 1.87 bits per heavy atom. The second kappa shape index (κ2) is 8.49. The average Bonchev–Trinajstić information content (AvgIpc) is 2.56. The minimum atomic E-state index is -0.305. The van der Waals surface area contributed by atoms with Gasteiger partial charge in [0, 0.05) is 6.61 Å². The Balaban J connectivity index is 2.32. The van der Waals surface area contributed by atoms with Crippen LogP contribution in [0.15, 0.2) is 48.0 Å². The number of esters is 1. The number of fused-ring (bicyclic) bond motifs is 1. The van der Waals surface area contributed by atoms with Crippen LogP contribution in [0.4, 0.5) is 0 Å². The third kappa shape index (κ3) is 4.93. The van der Waals surface area contributed by atoms with Crippen LogP contribution in [-0.4, -0.2) is 25.8 Å². The number of hydrogen-bond acceptors (Lipinski definition) is 3. The predicted molar refractivity (Wildman–Crippen MR) is 94.2 cm³/mol. The zero-order valence-corrected chi connectivity index (χ0v) is 14.0. The Morgan fingerprint density at radius 1 is 1.13 bits per heavy atom. The summed E-state index contributed by atoms with van der Waals surface area (Å²) in [7, 11) is 0. The number of benzene rings is 2. The van der Waals surface area contributed by atoms with Crippen molar-refractivity contribution in [2.45, 2.75) is 20.8 Å². The Morgan fingerprint density at radius 3 is 2.61 bits per heavy atom. The first-order valence-electron chi connectivity index (χ1n) is 8.05. The molecule has 0 aliphatic carbocycles. The van der Waals surface area contributed by atoms with E-state index in [0.29, 0.717) is 24.7 Å². The Hall–Kier alpha value is -2.13. The lowest BCUT2D eigenvalue weighted by Crippen LogP contribution is -2.15. The number of rotatable bonds is 7. The van der Waals surface area contributed by atoms with E-state index in [1.807, 2.05) is 51.1 Å². The van der Waals surface area contributed by atoms with Gasteiger partial charge < -0.3 is 9.47 Å². The van der Waals surface area contributed by atoms with E-state index in [1.165, 1.54) is 0 Å². The van der Waals surface area contributed by atoms with Crippen LogP contribution in [0.5, 0.6) is 0 Å². The fraction of sp³-hybridized carbons (Fsp3) is 0.350. The van der Waals surface area contributed by atoms with Gasteiger partial charge in [-0.3, -0.25) is 0 Å². The average molecular weight is 312 g/mol. The maximum atomic E-state index is 12.3. The highest BCUT2D eigenvalue weighted by Crippen LogP contribution is 2.21. The lowest BCUT2D eigenvalue weighted by Gasteiger charge is -2.11. The van der Waals surface area contributed by atoms with Crippen molar-refractivity contribution in [2.24, 2.45) is 5.92 Å². The van der Waals surface area contributed by atoms with E-state index >= 15 is 0 Å². The predicted octanol–water partition coefficient (Wildman–Crippen LogP) is 4.46. The molecular formula is C20H24O3. The van der Waals surface area contributed by atoms with Crippen LogP contribution in [0.3, 0.4) is 0 Å². The van der Waals surface area contributed by atoms with E-state index < -0.39 is 0 Å². The van der Waals surface area contributed by atoms with Crippen molar-refractivity contribution in [1.82, 2.24) is 0 Å². The maximum Gasteiger partial charge on any atom is 0.336 e. The first-order valence-corrected chi connectivity index (χ1v) is 8.05. The van der Waals surface area contributed by atoms with Gasteiger partial charge in [-0.25, -0.2) is 4.79 Å². The van der Waals surface area contributed by atoms with Gasteiger partial charge in [-0.2, -0.15) is 0 Å². The summed E-state index contributed by atoms with van der Waals surface area (Å²) in [6.45, 7) is 7.18. The molecule has 2 rings (SSSR count). The van der Waals surface area contributed by atoms with Crippen LogP contribution in [-0.2, 0) is 14.3 Å². The van der Waals surface area contributed by atoms with Crippen LogP contribution in [0.2, 0.25) is 0 Å². The zero-order chi connectivity index (χ0) is 16.7. The Bertz CT molecular complexity index is 681. The van der Waals surface area contributed by atoms with Gasteiger partial charge in [0.05, 0.1) is 18.8 Å². The van der Waals surface area contributed by atoms with Gasteiger partial charge in [0.2, 0.25) is 0 Å². The van der Waals surface area contributed by atoms with Gasteiger partial charge in [0.25, 0.3) is 0 Å². The maximum absolute atomic E-state index is 12.3. The molecule has 0 bridgehead atoms. The number of hydrogen-bond donors (Lipinski definition) is 0. The second-order valence-electron chi connectivity index (χ2n) is 5.87. The van der Waals surface area contributed by atoms with Crippen molar-refractivity contribution in [3.8, 4) is 0 Å². The summed E-state index contributed by atoms with van der Waals surface area (Å²) in [6.07, 6.45) is 1.88. The fourth-order valence-corrected chi connectivity index (χ4v) is 2.27. The Labute approximate surface area is 137 Å². The quantitative estimate of drug-likeness (QED) is 0.559. The van der Waals surface area contributed by atoms with Gasteiger partial charge in [-0.05, 0) is 35.3 Å². The minimum absolute atomic E-state index is 0.261. The molecule has 0 saturated heterocycles. The summed E-state index contributed by atoms with van der Waals surface area (Å²) in [5, 5.41) is 2.26. The van der Waals surface area contributed by atoms with E-state index in [4.69, 9.17) is 9.47 Å². The first kappa shape index (κ1) is 17.2. The summed E-state index contributed by atoms with van der Waals surface area (Å²) in [6, 6.07) is 14.2. The summed E-state index contributed by atoms with van der Waals surface area (Å²) in [4.78, 5) is 12.3. The molecule has 0 atom stereocenters. The number of ether oxygens (including phenoxy) is 2. The molecule has 0 unspecified atom stereocenters. The summed E-state index contributed by atoms with van der Waals surface area (Å²) in [5.41, 5.74) is 1.54. The smallest absolute Gasteiger partial charge is 0.336 e. The summed E-state index contributed by atoms with van der Waals surface area (Å²) >= 11 is 0. The number of carbonyl (C=O) groups excluding carboxylic acids is 1. The van der Waals surface area contributed by atoms with Crippen LogP contribution >= 0.6 is 0 Å². The molecule has 3 nitrogen and oxygen atoms in total. The molecule has 0 radical (unpaired) electrons. The molecule has 0 saturated carbocycles. The molecule has 23 heavy (non-hydrogen) atoms. The largest absolute Gasteiger partial charge is 0.462 e. The Kier molecular flexibility index (Phi) is 6.36. The van der Waals surface area contributed by atoms with Crippen molar-refractivity contribution in [2.75, 3.05) is 19.8 Å². The van der Waals surface area contributed by atoms with Crippen molar-refractivity contribution in [1.29, 1.82) is 0 Å². The second-order valence-corrected chi connectivity index (χ2v) is 5.87. The van der Waals surface area contributed by atoms with Crippen LogP contribution < -0.4 is 0 Å². The molecule has 0 fully saturated rings. The monoisotopic (exact) mass is 312 g/mol. The molecule has 2 aromatic carbocycles. The molecular weight excluding hydrogens is 288 g/mol. The highest BCUT2D eigenvalue weighted by Gasteiger charge is 2.13.